The lowest BCUT2D eigenvalue weighted by atomic mass is 9.97. The van der Waals surface area contributed by atoms with E-state index in [9.17, 15) is 4.39 Å². The van der Waals surface area contributed by atoms with Crippen LogP contribution in [0.3, 0.4) is 0 Å². The summed E-state index contributed by atoms with van der Waals surface area (Å²) in [4.78, 5) is 0. The average molecular weight is 283 g/mol. The van der Waals surface area contributed by atoms with E-state index in [1.165, 1.54) is 5.56 Å². The molecule has 2 atom stereocenters. The summed E-state index contributed by atoms with van der Waals surface area (Å²) < 4.78 is 13.7. The molecule has 0 spiro atoms. The van der Waals surface area contributed by atoms with E-state index in [0.29, 0.717) is 12.0 Å². The average Bonchev–Trinajstić information content (AvgIpc) is 2.93. The van der Waals surface area contributed by atoms with Crippen molar-refractivity contribution in [3.05, 3.63) is 71.0 Å². The molecule has 1 N–H and O–H groups in total. The Kier molecular flexibility index (Phi) is 4.35. The van der Waals surface area contributed by atoms with Gasteiger partial charge in [0.2, 0.25) is 0 Å². The lowest BCUT2D eigenvalue weighted by molar-refractivity contribution is 0.501. The molecule has 0 heterocycles. The highest BCUT2D eigenvalue weighted by molar-refractivity contribution is 5.35. The number of nitrogens with one attached hydrogen (secondary N) is 1. The maximum absolute atomic E-state index is 13.7. The Morgan fingerprint density at radius 2 is 1.95 bits per heavy atom. The van der Waals surface area contributed by atoms with Gasteiger partial charge in [0.1, 0.15) is 5.82 Å². The normalized spacial score (nSPS) is 18.5. The summed E-state index contributed by atoms with van der Waals surface area (Å²) >= 11 is 0. The van der Waals surface area contributed by atoms with E-state index < -0.39 is 0 Å². The third-order valence-corrected chi connectivity index (χ3v) is 4.55. The van der Waals surface area contributed by atoms with Gasteiger partial charge in [-0.2, -0.15) is 0 Å². The smallest absolute Gasteiger partial charge is 0.126 e. The largest absolute Gasteiger partial charge is 0.310 e. The van der Waals surface area contributed by atoms with Crippen LogP contribution in [-0.2, 0) is 6.42 Å². The van der Waals surface area contributed by atoms with Crippen LogP contribution in [0, 0.1) is 5.82 Å². The Labute approximate surface area is 126 Å². The first-order valence-electron chi connectivity index (χ1n) is 7.81. The molecule has 0 aromatic heterocycles. The Hall–Kier alpha value is -1.67. The first-order chi connectivity index (χ1) is 10.3. The number of fused-ring (bicyclic) bond motifs is 1. The molecule has 2 aromatic rings. The van der Waals surface area contributed by atoms with Crippen molar-refractivity contribution in [2.75, 3.05) is 6.54 Å². The van der Waals surface area contributed by atoms with Crippen molar-refractivity contribution < 1.29 is 4.39 Å². The van der Waals surface area contributed by atoms with Gasteiger partial charge < -0.3 is 5.32 Å². The molecule has 0 fully saturated rings. The topological polar surface area (TPSA) is 12.0 Å². The molecule has 2 heteroatoms. The van der Waals surface area contributed by atoms with Gasteiger partial charge in [0.25, 0.3) is 0 Å². The lowest BCUT2D eigenvalue weighted by Crippen LogP contribution is -2.21. The lowest BCUT2D eigenvalue weighted by Gasteiger charge is -2.17. The third kappa shape index (κ3) is 3.16. The molecule has 110 valence electrons. The predicted octanol–water partition coefficient (Wildman–Crippen LogP) is 4.60. The second-order valence-electron chi connectivity index (χ2n) is 5.95. The van der Waals surface area contributed by atoms with Gasteiger partial charge in [0.15, 0.2) is 0 Å². The van der Waals surface area contributed by atoms with Crippen molar-refractivity contribution in [3.63, 3.8) is 0 Å². The van der Waals surface area contributed by atoms with Gasteiger partial charge in [0, 0.05) is 6.04 Å². The summed E-state index contributed by atoms with van der Waals surface area (Å²) in [6.07, 6.45) is 2.97. The quantitative estimate of drug-likeness (QED) is 0.846. The van der Waals surface area contributed by atoms with Gasteiger partial charge in [-0.15, -0.1) is 0 Å². The van der Waals surface area contributed by atoms with Crippen molar-refractivity contribution in [2.24, 2.45) is 0 Å². The van der Waals surface area contributed by atoms with Crippen LogP contribution in [0.1, 0.15) is 48.4 Å². The molecule has 1 aliphatic rings. The zero-order chi connectivity index (χ0) is 14.7. The van der Waals surface area contributed by atoms with Crippen LogP contribution in [0.5, 0.6) is 0 Å². The molecule has 1 nitrogen and oxygen atoms in total. The highest BCUT2D eigenvalue weighted by Crippen LogP contribution is 2.32. The fraction of sp³-hybridized carbons (Fsp3) is 0.368. The SMILES string of the molecule is CC(CCNC1CCc2c(F)cccc21)c1ccccc1. The van der Waals surface area contributed by atoms with Gasteiger partial charge in [-0.1, -0.05) is 49.4 Å². The van der Waals surface area contributed by atoms with Crippen molar-refractivity contribution in [1.29, 1.82) is 0 Å². The highest BCUT2D eigenvalue weighted by atomic mass is 19.1. The molecule has 2 aromatic carbocycles. The van der Waals surface area contributed by atoms with Gasteiger partial charge in [-0.3, -0.25) is 0 Å². The summed E-state index contributed by atoms with van der Waals surface area (Å²) in [6.45, 7) is 3.23. The number of halogens is 1. The summed E-state index contributed by atoms with van der Waals surface area (Å²) in [5.74, 6) is 0.501. The van der Waals surface area contributed by atoms with E-state index in [0.717, 1.165) is 36.9 Å². The molecule has 3 rings (SSSR count). The number of hydrogen-bond acceptors (Lipinski definition) is 1. The molecule has 21 heavy (non-hydrogen) atoms. The monoisotopic (exact) mass is 283 g/mol. The zero-order valence-corrected chi connectivity index (χ0v) is 12.5. The Bertz CT molecular complexity index is 594. The van der Waals surface area contributed by atoms with Crippen molar-refractivity contribution in [1.82, 2.24) is 5.32 Å². The van der Waals surface area contributed by atoms with Crippen LogP contribution in [0.2, 0.25) is 0 Å². The molecule has 1 aliphatic carbocycles. The first kappa shape index (κ1) is 14.3. The minimum absolute atomic E-state index is 0.0468. The van der Waals surface area contributed by atoms with Crippen LogP contribution in [0.4, 0.5) is 4.39 Å². The molecule has 0 saturated heterocycles. The molecule has 0 aliphatic heterocycles. The Morgan fingerprint density at radius 1 is 1.14 bits per heavy atom. The van der Waals surface area contributed by atoms with Gasteiger partial charge in [-0.05, 0) is 54.5 Å². The summed E-state index contributed by atoms with van der Waals surface area (Å²) in [5.41, 5.74) is 3.45. The minimum atomic E-state index is -0.0468. The number of rotatable bonds is 5. The van der Waals surface area contributed by atoms with E-state index in [2.05, 4.69) is 48.6 Å². The Morgan fingerprint density at radius 3 is 2.76 bits per heavy atom. The standard InChI is InChI=1S/C19H22FN/c1-14(15-6-3-2-4-7-15)12-13-21-19-11-10-16-17(19)8-5-9-18(16)20/h2-9,14,19,21H,10-13H2,1H3. The van der Waals surface area contributed by atoms with Gasteiger partial charge >= 0.3 is 0 Å². The van der Waals surface area contributed by atoms with Crippen LogP contribution in [0.15, 0.2) is 48.5 Å². The molecular formula is C19H22FN. The maximum Gasteiger partial charge on any atom is 0.126 e. The molecule has 0 bridgehead atoms. The summed E-state index contributed by atoms with van der Waals surface area (Å²) in [6, 6.07) is 16.4. The molecule has 0 radical (unpaired) electrons. The van der Waals surface area contributed by atoms with E-state index in [-0.39, 0.29) is 5.82 Å². The van der Waals surface area contributed by atoms with Crippen LogP contribution >= 0.6 is 0 Å². The van der Waals surface area contributed by atoms with Crippen LogP contribution in [-0.4, -0.2) is 6.54 Å². The predicted molar refractivity (Wildman–Crippen MR) is 84.9 cm³/mol. The van der Waals surface area contributed by atoms with E-state index in [4.69, 9.17) is 0 Å². The third-order valence-electron chi connectivity index (χ3n) is 4.55. The number of hydrogen-bond donors (Lipinski definition) is 1. The minimum Gasteiger partial charge on any atom is -0.310 e. The van der Waals surface area contributed by atoms with Gasteiger partial charge in [-0.25, -0.2) is 4.39 Å². The first-order valence-corrected chi connectivity index (χ1v) is 7.81. The highest BCUT2D eigenvalue weighted by Gasteiger charge is 2.24. The molecular weight excluding hydrogens is 261 g/mol. The molecule has 0 saturated carbocycles. The van der Waals surface area contributed by atoms with E-state index in [1.807, 2.05) is 6.07 Å². The number of benzene rings is 2. The van der Waals surface area contributed by atoms with Gasteiger partial charge in [0.05, 0.1) is 0 Å². The summed E-state index contributed by atoms with van der Waals surface area (Å²) in [7, 11) is 0. The van der Waals surface area contributed by atoms with Crippen molar-refractivity contribution in [3.8, 4) is 0 Å². The zero-order valence-electron chi connectivity index (χ0n) is 12.5. The van der Waals surface area contributed by atoms with Crippen molar-refractivity contribution >= 4 is 0 Å². The molecule has 0 amide bonds. The second kappa shape index (κ2) is 6.40. The molecule has 2 unspecified atom stereocenters. The second-order valence-corrected chi connectivity index (χ2v) is 5.95. The van der Waals surface area contributed by atoms with Crippen molar-refractivity contribution in [2.45, 2.75) is 38.1 Å². The fourth-order valence-electron chi connectivity index (χ4n) is 3.24. The fourth-order valence-corrected chi connectivity index (χ4v) is 3.24. The summed E-state index contributed by atoms with van der Waals surface area (Å²) in [5, 5.41) is 3.60. The van der Waals surface area contributed by atoms with Crippen LogP contribution in [0.25, 0.3) is 0 Å². The maximum atomic E-state index is 13.7. The Balaban J connectivity index is 1.55. The van der Waals surface area contributed by atoms with E-state index in [1.54, 1.807) is 6.07 Å². The van der Waals surface area contributed by atoms with E-state index >= 15 is 0 Å². The van der Waals surface area contributed by atoms with Crippen LogP contribution < -0.4 is 5.32 Å².